The summed E-state index contributed by atoms with van der Waals surface area (Å²) < 4.78 is 28.3. The van der Waals surface area contributed by atoms with Gasteiger partial charge < -0.3 is 4.90 Å². The molecule has 0 spiro atoms. The lowest BCUT2D eigenvalue weighted by Gasteiger charge is -2.50. The van der Waals surface area contributed by atoms with Crippen molar-refractivity contribution in [2.75, 3.05) is 11.4 Å². The first-order valence-electron chi connectivity index (χ1n) is 10.1. The van der Waals surface area contributed by atoms with E-state index in [1.54, 1.807) is 30.3 Å². The predicted molar refractivity (Wildman–Crippen MR) is 112 cm³/mol. The summed E-state index contributed by atoms with van der Waals surface area (Å²) >= 11 is 0. The number of anilines is 1. The van der Waals surface area contributed by atoms with E-state index in [1.165, 1.54) is 0 Å². The van der Waals surface area contributed by atoms with Crippen LogP contribution < -0.4 is 4.90 Å². The van der Waals surface area contributed by atoms with Gasteiger partial charge >= 0.3 is 0 Å². The number of nitrogens with zero attached hydrogens (tertiary/aromatic N) is 2. The summed E-state index contributed by atoms with van der Waals surface area (Å²) in [5, 5.41) is 0. The number of aryl methyl sites for hydroxylation is 1. The molecule has 150 valence electrons. The zero-order chi connectivity index (χ0) is 20.3. The van der Waals surface area contributed by atoms with Crippen LogP contribution in [0.4, 0.5) is 5.69 Å². The number of amides is 1. The number of piperidine rings is 2. The normalized spacial score (nSPS) is 28.1. The van der Waals surface area contributed by atoms with Crippen LogP contribution in [0.3, 0.4) is 0 Å². The number of hydrogen-bond acceptors (Lipinski definition) is 4. The van der Waals surface area contributed by atoms with Crippen LogP contribution in [0, 0.1) is 12.8 Å². The van der Waals surface area contributed by atoms with Crippen LogP contribution in [0.1, 0.15) is 29.9 Å². The van der Waals surface area contributed by atoms with E-state index in [0.29, 0.717) is 0 Å². The molecule has 0 N–H and O–H groups in total. The van der Waals surface area contributed by atoms with Crippen molar-refractivity contribution in [3.05, 3.63) is 72.3 Å². The summed E-state index contributed by atoms with van der Waals surface area (Å²) in [7, 11) is -3.97. The summed E-state index contributed by atoms with van der Waals surface area (Å²) in [6, 6.07) is 14.1. The minimum atomic E-state index is -3.97. The molecule has 2 unspecified atom stereocenters. The molecule has 0 radical (unpaired) electrons. The quantitative estimate of drug-likeness (QED) is 0.730. The Morgan fingerprint density at radius 2 is 1.83 bits per heavy atom. The standard InChI is InChI=1S/C23H24N2O3S/c1-3-19-18-8-6-14-24-20-9-5-4-7-17(20)21(22(18)24)23(26)25(19)29(27,28)16-12-10-15(2)11-13-16/h3-5,7,9-13,18-19,21-22H,1,6,8,14H2,2H3/t18-,19+,21?,22?/m1/s1. The molecule has 5 nitrogen and oxygen atoms in total. The van der Waals surface area contributed by atoms with Crippen LogP contribution in [0.25, 0.3) is 0 Å². The number of para-hydroxylation sites is 1. The lowest BCUT2D eigenvalue weighted by atomic mass is 9.74. The van der Waals surface area contributed by atoms with E-state index in [9.17, 15) is 13.2 Å². The number of rotatable bonds is 3. The summed E-state index contributed by atoms with van der Waals surface area (Å²) in [6.07, 6.45) is 3.51. The van der Waals surface area contributed by atoms with Crippen molar-refractivity contribution in [1.29, 1.82) is 0 Å². The third-order valence-corrected chi connectivity index (χ3v) is 8.48. The van der Waals surface area contributed by atoms with E-state index < -0.39 is 22.0 Å². The maximum atomic E-state index is 13.7. The summed E-state index contributed by atoms with van der Waals surface area (Å²) in [6.45, 7) is 6.73. The molecule has 0 aliphatic carbocycles. The summed E-state index contributed by atoms with van der Waals surface area (Å²) in [5.41, 5.74) is 2.99. The van der Waals surface area contributed by atoms with Gasteiger partial charge in [-0.2, -0.15) is 0 Å². The molecule has 6 heteroatoms. The van der Waals surface area contributed by atoms with Gasteiger partial charge in [-0.3, -0.25) is 4.79 Å². The Labute approximate surface area is 171 Å². The number of hydrogen-bond donors (Lipinski definition) is 0. The van der Waals surface area contributed by atoms with E-state index in [4.69, 9.17) is 0 Å². The molecule has 2 aromatic rings. The number of sulfonamides is 1. The average molecular weight is 409 g/mol. The first kappa shape index (κ1) is 18.4. The van der Waals surface area contributed by atoms with Crippen molar-refractivity contribution in [2.24, 2.45) is 5.92 Å². The van der Waals surface area contributed by atoms with Gasteiger partial charge in [-0.05, 0) is 43.5 Å². The first-order chi connectivity index (χ1) is 13.9. The summed E-state index contributed by atoms with van der Waals surface area (Å²) in [5.74, 6) is -0.752. The summed E-state index contributed by atoms with van der Waals surface area (Å²) in [4.78, 5) is 16.2. The van der Waals surface area contributed by atoms with Gasteiger partial charge in [0.15, 0.2) is 0 Å². The smallest absolute Gasteiger partial charge is 0.267 e. The number of benzene rings is 2. The van der Waals surface area contributed by atoms with Gasteiger partial charge in [0.2, 0.25) is 5.91 Å². The van der Waals surface area contributed by atoms with Crippen molar-refractivity contribution < 1.29 is 13.2 Å². The highest BCUT2D eigenvalue weighted by Crippen LogP contribution is 2.52. The molecule has 0 saturated carbocycles. The van der Waals surface area contributed by atoms with Crippen molar-refractivity contribution in [1.82, 2.24) is 4.31 Å². The monoisotopic (exact) mass is 408 g/mol. The molecule has 3 aliphatic rings. The Bertz CT molecular complexity index is 1090. The Hall–Kier alpha value is -2.60. The van der Waals surface area contributed by atoms with Crippen LogP contribution in [0.2, 0.25) is 0 Å². The third-order valence-electron chi connectivity index (χ3n) is 6.67. The Morgan fingerprint density at radius 3 is 2.55 bits per heavy atom. The van der Waals surface area contributed by atoms with E-state index >= 15 is 0 Å². The van der Waals surface area contributed by atoms with Crippen molar-refractivity contribution in [3.8, 4) is 0 Å². The van der Waals surface area contributed by atoms with Crippen LogP contribution >= 0.6 is 0 Å². The topological polar surface area (TPSA) is 57.7 Å². The molecular weight excluding hydrogens is 384 g/mol. The Balaban J connectivity index is 1.67. The molecule has 0 aromatic heterocycles. The molecule has 2 saturated heterocycles. The molecule has 29 heavy (non-hydrogen) atoms. The Morgan fingerprint density at radius 1 is 1.10 bits per heavy atom. The highest BCUT2D eigenvalue weighted by atomic mass is 32.2. The second-order valence-corrected chi connectivity index (χ2v) is 10.0. The predicted octanol–water partition coefficient (Wildman–Crippen LogP) is 3.46. The lowest BCUT2D eigenvalue weighted by molar-refractivity contribution is -0.133. The average Bonchev–Trinajstić information content (AvgIpc) is 3.06. The van der Waals surface area contributed by atoms with E-state index in [0.717, 1.165) is 40.5 Å². The number of fused-ring (bicyclic) bond motifs is 3. The van der Waals surface area contributed by atoms with Gasteiger partial charge in [-0.15, -0.1) is 6.58 Å². The Kier molecular flexibility index (Phi) is 4.10. The first-order valence-corrected chi connectivity index (χ1v) is 11.5. The van der Waals surface area contributed by atoms with Gasteiger partial charge in [0.1, 0.15) is 0 Å². The second-order valence-electron chi connectivity index (χ2n) is 8.21. The fourth-order valence-corrected chi connectivity index (χ4v) is 7.06. The minimum Gasteiger partial charge on any atom is -0.367 e. The maximum Gasteiger partial charge on any atom is 0.267 e. The van der Waals surface area contributed by atoms with Crippen LogP contribution in [-0.2, 0) is 14.8 Å². The molecule has 2 aromatic carbocycles. The zero-order valence-corrected chi connectivity index (χ0v) is 17.2. The minimum absolute atomic E-state index is 0.00104. The molecule has 3 aliphatic heterocycles. The number of carbonyl (C=O) groups is 1. The molecule has 1 amide bonds. The van der Waals surface area contributed by atoms with Gasteiger partial charge in [-0.25, -0.2) is 12.7 Å². The fraction of sp³-hybridized carbons (Fsp3) is 0.348. The number of carbonyl (C=O) groups excluding carboxylic acids is 1. The zero-order valence-electron chi connectivity index (χ0n) is 16.4. The van der Waals surface area contributed by atoms with Gasteiger partial charge in [0, 0.05) is 24.2 Å². The second kappa shape index (κ2) is 6.46. The lowest BCUT2D eigenvalue weighted by Crippen LogP contribution is -2.62. The van der Waals surface area contributed by atoms with E-state index in [-0.39, 0.29) is 22.8 Å². The third kappa shape index (κ3) is 2.51. The van der Waals surface area contributed by atoms with Crippen molar-refractivity contribution >= 4 is 21.6 Å². The fourth-order valence-electron chi connectivity index (χ4n) is 5.44. The molecule has 0 bridgehead atoms. The molecule has 5 rings (SSSR count). The molecule has 2 fully saturated rings. The SMILES string of the molecule is C=C[C@H]1[C@H]2CCCN3c4ccccc4C(C(=O)N1S(=O)(=O)c1ccc(C)cc1)C23. The van der Waals surface area contributed by atoms with Crippen LogP contribution in [0.15, 0.2) is 66.1 Å². The van der Waals surface area contributed by atoms with Gasteiger partial charge in [0.25, 0.3) is 10.0 Å². The van der Waals surface area contributed by atoms with Crippen LogP contribution in [0.5, 0.6) is 0 Å². The van der Waals surface area contributed by atoms with E-state index in [2.05, 4.69) is 11.5 Å². The highest BCUT2D eigenvalue weighted by molar-refractivity contribution is 7.89. The van der Waals surface area contributed by atoms with Gasteiger partial charge in [0.05, 0.1) is 16.9 Å². The maximum absolute atomic E-state index is 13.7. The molecule has 3 heterocycles. The molecular formula is C23H24N2O3S. The highest BCUT2D eigenvalue weighted by Gasteiger charge is 2.58. The molecule has 4 atom stereocenters. The van der Waals surface area contributed by atoms with Crippen LogP contribution in [-0.4, -0.2) is 37.3 Å². The van der Waals surface area contributed by atoms with E-state index in [1.807, 2.05) is 31.2 Å². The van der Waals surface area contributed by atoms with Crippen molar-refractivity contribution in [2.45, 2.75) is 42.7 Å². The largest absolute Gasteiger partial charge is 0.367 e. The van der Waals surface area contributed by atoms with Gasteiger partial charge in [-0.1, -0.05) is 42.0 Å². The van der Waals surface area contributed by atoms with Crippen molar-refractivity contribution in [3.63, 3.8) is 0 Å².